The molecular formula is C20H32O2. The molecule has 5 unspecified atom stereocenters. The van der Waals surface area contributed by atoms with Crippen LogP contribution in [0.3, 0.4) is 0 Å². The van der Waals surface area contributed by atoms with Gasteiger partial charge in [0.2, 0.25) is 0 Å². The molecule has 0 amide bonds. The van der Waals surface area contributed by atoms with Gasteiger partial charge in [-0.3, -0.25) is 4.79 Å². The molecule has 0 radical (unpaired) electrons. The van der Waals surface area contributed by atoms with E-state index in [1.165, 1.54) is 12.0 Å². The quantitative estimate of drug-likeness (QED) is 0.543. The normalized spacial score (nSPS) is 42.2. The van der Waals surface area contributed by atoms with Crippen molar-refractivity contribution in [2.75, 3.05) is 0 Å². The van der Waals surface area contributed by atoms with E-state index < -0.39 is 0 Å². The summed E-state index contributed by atoms with van der Waals surface area (Å²) in [4.78, 5) is 12.2. The van der Waals surface area contributed by atoms with E-state index >= 15 is 0 Å². The van der Waals surface area contributed by atoms with Crippen LogP contribution in [0.4, 0.5) is 0 Å². The van der Waals surface area contributed by atoms with Crippen LogP contribution >= 0.6 is 0 Å². The van der Waals surface area contributed by atoms with Crippen molar-refractivity contribution in [2.24, 2.45) is 34.5 Å². The van der Waals surface area contributed by atoms with Gasteiger partial charge in [-0.25, -0.2) is 0 Å². The maximum absolute atomic E-state index is 12.2. The average Bonchev–Trinajstić information content (AvgIpc) is 2.93. The molecule has 0 bridgehead atoms. The molecule has 0 heterocycles. The van der Waals surface area contributed by atoms with Crippen molar-refractivity contribution < 1.29 is 9.53 Å². The van der Waals surface area contributed by atoms with Crippen LogP contribution in [0.15, 0.2) is 11.6 Å². The Hall–Kier alpha value is -0.790. The van der Waals surface area contributed by atoms with Gasteiger partial charge in [-0.2, -0.15) is 0 Å². The molecule has 22 heavy (non-hydrogen) atoms. The molecule has 2 fully saturated rings. The number of ether oxygens (including phenoxy) is 1. The summed E-state index contributed by atoms with van der Waals surface area (Å²) >= 11 is 0. The highest BCUT2D eigenvalue weighted by atomic mass is 16.5. The molecule has 2 heteroatoms. The van der Waals surface area contributed by atoms with Gasteiger partial charge in [0.15, 0.2) is 0 Å². The van der Waals surface area contributed by atoms with Crippen molar-refractivity contribution in [1.29, 1.82) is 0 Å². The van der Waals surface area contributed by atoms with Crippen LogP contribution < -0.4 is 0 Å². The van der Waals surface area contributed by atoms with Gasteiger partial charge in [-0.1, -0.05) is 47.6 Å². The second-order valence-electron chi connectivity index (χ2n) is 9.14. The summed E-state index contributed by atoms with van der Waals surface area (Å²) in [5.41, 5.74) is 2.07. The maximum Gasteiger partial charge on any atom is 0.306 e. The van der Waals surface area contributed by atoms with Crippen molar-refractivity contribution in [1.82, 2.24) is 0 Å². The van der Waals surface area contributed by atoms with Crippen LogP contribution in [-0.2, 0) is 9.53 Å². The van der Waals surface area contributed by atoms with Crippen LogP contribution in [-0.4, -0.2) is 12.1 Å². The lowest BCUT2D eigenvalue weighted by Gasteiger charge is -2.47. The number of rotatable bonds is 3. The first-order valence-electron chi connectivity index (χ1n) is 9.09. The van der Waals surface area contributed by atoms with Crippen LogP contribution in [0.1, 0.15) is 67.2 Å². The summed E-state index contributed by atoms with van der Waals surface area (Å²) in [6, 6.07) is 0. The summed E-state index contributed by atoms with van der Waals surface area (Å²) in [5.74, 6) is 2.52. The van der Waals surface area contributed by atoms with Gasteiger partial charge >= 0.3 is 5.97 Å². The fourth-order valence-electron chi connectivity index (χ4n) is 5.64. The third-order valence-corrected chi connectivity index (χ3v) is 6.97. The first-order valence-corrected chi connectivity index (χ1v) is 9.09. The fourth-order valence-corrected chi connectivity index (χ4v) is 5.64. The molecule has 124 valence electrons. The zero-order chi connectivity index (χ0) is 16.3. The predicted octanol–water partition coefficient (Wildman–Crippen LogP) is 4.98. The number of allylic oxidation sites excluding steroid dienone is 1. The molecule has 5 atom stereocenters. The summed E-state index contributed by atoms with van der Waals surface area (Å²) < 4.78 is 5.97. The van der Waals surface area contributed by atoms with Crippen molar-refractivity contribution in [3.05, 3.63) is 11.6 Å². The lowest BCUT2D eigenvalue weighted by atomic mass is 9.59. The summed E-state index contributed by atoms with van der Waals surface area (Å²) in [6.45, 7) is 13.8. The molecule has 0 N–H and O–H groups in total. The molecule has 0 aromatic rings. The van der Waals surface area contributed by atoms with Crippen molar-refractivity contribution in [3.8, 4) is 0 Å². The monoisotopic (exact) mass is 304 g/mol. The zero-order valence-electron chi connectivity index (χ0n) is 15.1. The minimum atomic E-state index is -0.0154. The molecule has 3 rings (SSSR count). The zero-order valence-corrected chi connectivity index (χ0v) is 15.1. The number of fused-ring (bicyclic) bond motifs is 3. The Kier molecular flexibility index (Phi) is 3.73. The standard InChI is InChI=1S/C20H32O2/c1-12(2)10-17(21)22-16-11-15-18(19(15,4)5)20(6)13(3)8-7-9-14(16)20/h9,12-13,15-16,18H,7-8,10-11H2,1-6H3. The third-order valence-electron chi connectivity index (χ3n) is 6.97. The Morgan fingerprint density at radius 2 is 2.05 bits per heavy atom. The number of hydrogen-bond acceptors (Lipinski definition) is 2. The summed E-state index contributed by atoms with van der Waals surface area (Å²) in [7, 11) is 0. The third kappa shape index (κ3) is 2.25. The second kappa shape index (κ2) is 5.11. The van der Waals surface area contributed by atoms with Gasteiger partial charge in [0, 0.05) is 6.42 Å². The van der Waals surface area contributed by atoms with E-state index in [4.69, 9.17) is 4.74 Å². The highest BCUT2D eigenvalue weighted by Gasteiger charge is 2.70. The predicted molar refractivity (Wildman–Crippen MR) is 89.3 cm³/mol. The van der Waals surface area contributed by atoms with E-state index in [1.54, 1.807) is 0 Å². The number of carbonyl (C=O) groups excluding carboxylic acids is 1. The minimum absolute atomic E-state index is 0.0154. The Balaban J connectivity index is 1.87. The number of esters is 1. The lowest BCUT2D eigenvalue weighted by molar-refractivity contribution is -0.150. The first kappa shape index (κ1) is 16.1. The molecular weight excluding hydrogens is 272 g/mol. The lowest BCUT2D eigenvalue weighted by Crippen LogP contribution is -2.43. The highest BCUT2D eigenvalue weighted by Crippen LogP contribution is 2.75. The van der Waals surface area contributed by atoms with E-state index in [9.17, 15) is 4.79 Å². The molecule has 0 aliphatic heterocycles. The summed E-state index contributed by atoms with van der Waals surface area (Å²) in [5, 5.41) is 0. The summed E-state index contributed by atoms with van der Waals surface area (Å²) in [6.07, 6.45) is 6.41. The van der Waals surface area contributed by atoms with Gasteiger partial charge in [0.25, 0.3) is 0 Å². The van der Waals surface area contributed by atoms with Gasteiger partial charge in [0.1, 0.15) is 6.10 Å². The molecule has 0 spiro atoms. The molecule has 0 aromatic heterocycles. The van der Waals surface area contributed by atoms with Gasteiger partial charge in [-0.15, -0.1) is 0 Å². The number of carbonyl (C=O) groups is 1. The molecule has 3 aliphatic carbocycles. The number of hydrogen-bond donors (Lipinski definition) is 0. The minimum Gasteiger partial charge on any atom is -0.458 e. The Morgan fingerprint density at radius 3 is 2.68 bits per heavy atom. The van der Waals surface area contributed by atoms with Crippen LogP contribution in [0.2, 0.25) is 0 Å². The Morgan fingerprint density at radius 1 is 1.36 bits per heavy atom. The van der Waals surface area contributed by atoms with Crippen LogP contribution in [0, 0.1) is 34.5 Å². The molecule has 0 aromatic carbocycles. The average molecular weight is 304 g/mol. The van der Waals surface area contributed by atoms with E-state index in [1.807, 2.05) is 0 Å². The smallest absolute Gasteiger partial charge is 0.306 e. The molecule has 0 saturated heterocycles. The van der Waals surface area contributed by atoms with Gasteiger partial charge in [-0.05, 0) is 59.3 Å². The van der Waals surface area contributed by atoms with E-state index in [2.05, 4.69) is 47.6 Å². The van der Waals surface area contributed by atoms with Gasteiger partial charge in [0.05, 0.1) is 0 Å². The second-order valence-corrected chi connectivity index (χ2v) is 9.14. The largest absolute Gasteiger partial charge is 0.458 e. The van der Waals surface area contributed by atoms with Crippen LogP contribution in [0.5, 0.6) is 0 Å². The van der Waals surface area contributed by atoms with E-state index in [-0.39, 0.29) is 17.5 Å². The molecule has 2 saturated carbocycles. The molecule has 3 aliphatic rings. The van der Waals surface area contributed by atoms with Crippen molar-refractivity contribution in [3.63, 3.8) is 0 Å². The van der Waals surface area contributed by atoms with E-state index in [0.717, 1.165) is 18.8 Å². The van der Waals surface area contributed by atoms with Crippen LogP contribution in [0.25, 0.3) is 0 Å². The SMILES string of the molecule is CC(C)CC(=O)OC1CC2C(C2(C)C)C2(C)C1=CCCC2C. The van der Waals surface area contributed by atoms with Crippen molar-refractivity contribution >= 4 is 5.97 Å². The van der Waals surface area contributed by atoms with Crippen molar-refractivity contribution in [2.45, 2.75) is 73.3 Å². The Bertz CT molecular complexity index is 502. The maximum atomic E-state index is 12.2. The molecule has 2 nitrogen and oxygen atoms in total. The first-order chi connectivity index (χ1) is 10.2. The highest BCUT2D eigenvalue weighted by molar-refractivity contribution is 5.70. The topological polar surface area (TPSA) is 26.3 Å². The van der Waals surface area contributed by atoms with Gasteiger partial charge < -0.3 is 4.74 Å². The fraction of sp³-hybridized carbons (Fsp3) is 0.850. The Labute approximate surface area is 135 Å². The van der Waals surface area contributed by atoms with E-state index in [0.29, 0.717) is 29.6 Å².